The molecule has 3 aromatic rings. The normalized spacial score (nSPS) is 12.9. The summed E-state index contributed by atoms with van der Waals surface area (Å²) in [6.07, 6.45) is 3.12. The summed E-state index contributed by atoms with van der Waals surface area (Å²) in [4.78, 5) is 34.2. The smallest absolute Gasteiger partial charge is 0.258 e. The highest BCUT2D eigenvalue weighted by molar-refractivity contribution is 6.31. The van der Waals surface area contributed by atoms with E-state index in [2.05, 4.69) is 20.6 Å². The van der Waals surface area contributed by atoms with Gasteiger partial charge in [0, 0.05) is 23.5 Å². The third-order valence-electron chi connectivity index (χ3n) is 5.17. The van der Waals surface area contributed by atoms with E-state index in [1.165, 1.54) is 24.4 Å². The summed E-state index contributed by atoms with van der Waals surface area (Å²) < 4.78 is 14.8. The zero-order valence-electron chi connectivity index (χ0n) is 17.6. The summed E-state index contributed by atoms with van der Waals surface area (Å²) in [5.41, 5.74) is 2.24. The van der Waals surface area contributed by atoms with Crippen LogP contribution in [-0.2, 0) is 0 Å². The van der Waals surface area contributed by atoms with Crippen molar-refractivity contribution in [2.24, 2.45) is 4.99 Å². The van der Waals surface area contributed by atoms with Gasteiger partial charge in [0.1, 0.15) is 11.6 Å². The number of rotatable bonds is 5. The molecule has 2 N–H and O–H groups in total. The van der Waals surface area contributed by atoms with Crippen molar-refractivity contribution in [2.45, 2.75) is 19.8 Å². The molecule has 2 heterocycles. The van der Waals surface area contributed by atoms with Crippen LogP contribution in [0.15, 0.2) is 53.7 Å². The number of halogens is 3. The number of aromatic nitrogens is 1. The van der Waals surface area contributed by atoms with Crippen molar-refractivity contribution >= 4 is 52.2 Å². The summed E-state index contributed by atoms with van der Waals surface area (Å²) in [5.74, 6) is -1.62. The Bertz CT molecular complexity index is 1280. The van der Waals surface area contributed by atoms with E-state index < -0.39 is 17.6 Å². The first kappa shape index (κ1) is 22.9. The van der Waals surface area contributed by atoms with Crippen molar-refractivity contribution in [3.05, 3.63) is 86.8 Å². The molecule has 168 valence electrons. The number of anilines is 2. The zero-order valence-corrected chi connectivity index (χ0v) is 19.1. The second-order valence-corrected chi connectivity index (χ2v) is 8.41. The number of nitrogens with zero attached hydrogens (tertiary/aromatic N) is 2. The molecular weight excluding hydrogens is 466 g/mol. The molecule has 9 heteroatoms. The van der Waals surface area contributed by atoms with E-state index in [0.717, 1.165) is 25.1 Å². The van der Waals surface area contributed by atoms with Crippen LogP contribution in [0.4, 0.5) is 15.9 Å². The molecule has 0 saturated heterocycles. The lowest BCUT2D eigenvalue weighted by Gasteiger charge is -2.15. The van der Waals surface area contributed by atoms with Gasteiger partial charge in [0.05, 0.1) is 21.8 Å². The minimum absolute atomic E-state index is 0.113. The topological polar surface area (TPSA) is 83.5 Å². The highest BCUT2D eigenvalue weighted by Gasteiger charge is 2.21. The van der Waals surface area contributed by atoms with Crippen molar-refractivity contribution in [1.29, 1.82) is 0 Å². The number of amides is 2. The molecule has 2 aromatic carbocycles. The third-order valence-corrected chi connectivity index (χ3v) is 5.62. The van der Waals surface area contributed by atoms with Gasteiger partial charge in [-0.1, -0.05) is 29.3 Å². The Hall–Kier alpha value is -3.29. The van der Waals surface area contributed by atoms with E-state index >= 15 is 0 Å². The Balaban J connectivity index is 1.60. The Kier molecular flexibility index (Phi) is 6.72. The highest BCUT2D eigenvalue weighted by Crippen LogP contribution is 2.28. The first-order valence-corrected chi connectivity index (χ1v) is 10.9. The predicted octanol–water partition coefficient (Wildman–Crippen LogP) is 5.92. The molecule has 33 heavy (non-hydrogen) atoms. The Morgan fingerprint density at radius 2 is 1.76 bits per heavy atom. The number of carbonyl (C=O) groups is 2. The standard InChI is InChI=1S/C24H19Cl2FN4O2/c1-13-9-16(26)11-18(24(33)30-21-7-5-15(25)12-29-21)22(13)31-23(32)17-6-4-14(10-19(17)27)20-3-2-8-28-20/h4-7,9-12H,2-3,8H2,1H3,(H,31,32)(H,29,30,33). The fraction of sp³-hybridized carbons (Fsp3) is 0.167. The number of hydrogen-bond donors (Lipinski definition) is 2. The number of aliphatic imine (C=N–C) groups is 1. The second kappa shape index (κ2) is 9.68. The fourth-order valence-electron chi connectivity index (χ4n) is 3.56. The van der Waals surface area contributed by atoms with Gasteiger partial charge in [-0.2, -0.15) is 0 Å². The maximum atomic E-state index is 14.8. The number of carbonyl (C=O) groups excluding carboxylic acids is 2. The first-order chi connectivity index (χ1) is 15.8. The van der Waals surface area contributed by atoms with Gasteiger partial charge in [0.15, 0.2) is 0 Å². The van der Waals surface area contributed by atoms with Crippen LogP contribution < -0.4 is 10.6 Å². The van der Waals surface area contributed by atoms with Crippen molar-refractivity contribution < 1.29 is 14.0 Å². The van der Waals surface area contributed by atoms with Gasteiger partial charge in [0.2, 0.25) is 0 Å². The maximum absolute atomic E-state index is 14.8. The molecule has 0 fully saturated rings. The molecule has 1 aromatic heterocycles. The molecule has 2 amide bonds. The van der Waals surface area contributed by atoms with E-state index in [0.29, 0.717) is 21.2 Å². The average Bonchev–Trinajstić information content (AvgIpc) is 3.31. The lowest BCUT2D eigenvalue weighted by Crippen LogP contribution is -2.20. The number of pyridine rings is 1. The van der Waals surface area contributed by atoms with Gasteiger partial charge in [-0.3, -0.25) is 14.6 Å². The second-order valence-electron chi connectivity index (χ2n) is 7.54. The number of aryl methyl sites for hydroxylation is 1. The largest absolute Gasteiger partial charge is 0.321 e. The van der Waals surface area contributed by atoms with Gasteiger partial charge in [-0.15, -0.1) is 0 Å². The van der Waals surface area contributed by atoms with Crippen LogP contribution in [0.1, 0.15) is 44.7 Å². The van der Waals surface area contributed by atoms with Crippen LogP contribution in [-0.4, -0.2) is 29.1 Å². The summed E-state index contributed by atoms with van der Waals surface area (Å²) in [7, 11) is 0. The molecule has 0 unspecified atom stereocenters. The molecule has 0 aliphatic carbocycles. The van der Waals surface area contributed by atoms with Gasteiger partial charge < -0.3 is 10.6 Å². The van der Waals surface area contributed by atoms with Crippen LogP contribution in [0.2, 0.25) is 10.0 Å². The molecule has 4 rings (SSSR count). The van der Waals surface area contributed by atoms with Crippen molar-refractivity contribution in [3.8, 4) is 0 Å². The van der Waals surface area contributed by atoms with Crippen molar-refractivity contribution in [1.82, 2.24) is 4.98 Å². The van der Waals surface area contributed by atoms with Crippen LogP contribution >= 0.6 is 23.2 Å². The Morgan fingerprint density at radius 1 is 0.970 bits per heavy atom. The van der Waals surface area contributed by atoms with Gasteiger partial charge in [-0.25, -0.2) is 9.37 Å². The molecular formula is C24H19Cl2FN4O2. The highest BCUT2D eigenvalue weighted by atomic mass is 35.5. The maximum Gasteiger partial charge on any atom is 0.258 e. The number of nitrogens with one attached hydrogen (secondary N) is 2. The Labute approximate surface area is 199 Å². The molecule has 6 nitrogen and oxygen atoms in total. The molecule has 0 radical (unpaired) electrons. The number of hydrogen-bond acceptors (Lipinski definition) is 4. The van der Waals surface area contributed by atoms with Crippen LogP contribution in [0.3, 0.4) is 0 Å². The fourth-order valence-corrected chi connectivity index (χ4v) is 3.94. The first-order valence-electron chi connectivity index (χ1n) is 10.2. The van der Waals surface area contributed by atoms with E-state index in [9.17, 15) is 14.0 Å². The van der Waals surface area contributed by atoms with Gasteiger partial charge >= 0.3 is 0 Å². The van der Waals surface area contributed by atoms with Crippen molar-refractivity contribution in [2.75, 3.05) is 17.2 Å². The summed E-state index contributed by atoms with van der Waals surface area (Å²) in [6.45, 7) is 2.42. The average molecular weight is 485 g/mol. The monoisotopic (exact) mass is 484 g/mol. The molecule has 0 saturated carbocycles. The van der Waals surface area contributed by atoms with E-state index in [4.69, 9.17) is 23.2 Å². The summed E-state index contributed by atoms with van der Waals surface area (Å²) in [5, 5.41) is 6.03. The lowest BCUT2D eigenvalue weighted by molar-refractivity contribution is 0.102. The van der Waals surface area contributed by atoms with Crippen LogP contribution in [0, 0.1) is 12.7 Å². The molecule has 0 bridgehead atoms. The minimum atomic E-state index is -0.684. The third kappa shape index (κ3) is 5.21. The predicted molar refractivity (Wildman–Crippen MR) is 128 cm³/mol. The van der Waals surface area contributed by atoms with E-state index in [1.807, 2.05) is 0 Å². The van der Waals surface area contributed by atoms with E-state index in [-0.39, 0.29) is 22.6 Å². The SMILES string of the molecule is Cc1cc(Cl)cc(C(=O)Nc2ccc(Cl)cn2)c1NC(=O)c1ccc(C2=NCCC2)cc1F. The lowest BCUT2D eigenvalue weighted by atomic mass is 10.0. The zero-order chi connectivity index (χ0) is 23.5. The molecule has 1 aliphatic heterocycles. The molecule has 0 spiro atoms. The Morgan fingerprint density at radius 3 is 2.42 bits per heavy atom. The number of benzene rings is 2. The summed E-state index contributed by atoms with van der Waals surface area (Å²) in [6, 6.07) is 10.6. The molecule has 1 aliphatic rings. The van der Waals surface area contributed by atoms with Crippen molar-refractivity contribution in [3.63, 3.8) is 0 Å². The van der Waals surface area contributed by atoms with Crippen LogP contribution in [0.5, 0.6) is 0 Å². The van der Waals surface area contributed by atoms with Gasteiger partial charge in [0.25, 0.3) is 11.8 Å². The summed E-state index contributed by atoms with van der Waals surface area (Å²) >= 11 is 12.0. The van der Waals surface area contributed by atoms with Crippen LogP contribution in [0.25, 0.3) is 0 Å². The minimum Gasteiger partial charge on any atom is -0.321 e. The van der Waals surface area contributed by atoms with E-state index in [1.54, 1.807) is 31.2 Å². The quantitative estimate of drug-likeness (QED) is 0.471. The van der Waals surface area contributed by atoms with Gasteiger partial charge in [-0.05, 0) is 67.3 Å². The molecule has 0 atom stereocenters.